The fourth-order valence-corrected chi connectivity index (χ4v) is 3.24. The molecule has 0 unspecified atom stereocenters. The van der Waals surface area contributed by atoms with E-state index in [9.17, 15) is 0 Å². The highest BCUT2D eigenvalue weighted by Gasteiger charge is 2.26. The number of fused-ring (bicyclic) bond motifs is 1. The lowest BCUT2D eigenvalue weighted by molar-refractivity contribution is 0.122. The molecule has 3 aromatic rings. The van der Waals surface area contributed by atoms with Crippen LogP contribution in [0.15, 0.2) is 18.3 Å². The summed E-state index contributed by atoms with van der Waals surface area (Å²) in [5, 5.41) is 0.638. The highest BCUT2D eigenvalue weighted by molar-refractivity contribution is 5.92. The van der Waals surface area contributed by atoms with E-state index in [2.05, 4.69) is 15.0 Å². The van der Waals surface area contributed by atoms with Gasteiger partial charge >= 0.3 is 0 Å². The molecule has 0 atom stereocenters. The Morgan fingerprint density at radius 2 is 1.69 bits per heavy atom. The molecule has 0 aliphatic carbocycles. The fraction of sp³-hybridized carbons (Fsp3) is 0.316. The Morgan fingerprint density at radius 3 is 2.31 bits per heavy atom. The number of hydrogen-bond acceptors (Lipinski definition) is 8. The molecular formula is C19H19F2N5O3. The van der Waals surface area contributed by atoms with Crippen molar-refractivity contribution in [3.63, 3.8) is 0 Å². The third-order valence-corrected chi connectivity index (χ3v) is 4.69. The predicted octanol–water partition coefficient (Wildman–Crippen LogP) is 2.41. The van der Waals surface area contributed by atoms with Crippen LogP contribution in [0.3, 0.4) is 0 Å². The SMILES string of the molecule is COc1cc(OC)c(F)c(-c2nc(N3CCOCC3)c3cc(N)ncc3n2)c1F. The normalized spacial score (nSPS) is 14.3. The van der Waals surface area contributed by atoms with Crippen molar-refractivity contribution < 1.29 is 23.0 Å². The average Bonchev–Trinajstić information content (AvgIpc) is 2.74. The lowest BCUT2D eigenvalue weighted by Crippen LogP contribution is -2.37. The zero-order valence-corrected chi connectivity index (χ0v) is 15.9. The van der Waals surface area contributed by atoms with Gasteiger partial charge in [-0.1, -0.05) is 0 Å². The van der Waals surface area contributed by atoms with E-state index in [4.69, 9.17) is 19.9 Å². The summed E-state index contributed by atoms with van der Waals surface area (Å²) in [6.07, 6.45) is 1.45. The summed E-state index contributed by atoms with van der Waals surface area (Å²) in [5.41, 5.74) is 5.81. The molecule has 0 bridgehead atoms. The number of halogens is 2. The van der Waals surface area contributed by atoms with Crippen molar-refractivity contribution in [1.82, 2.24) is 15.0 Å². The molecule has 0 amide bonds. The molecule has 2 aromatic heterocycles. The van der Waals surface area contributed by atoms with Crippen LogP contribution in [0.4, 0.5) is 20.4 Å². The number of rotatable bonds is 4. The first-order valence-corrected chi connectivity index (χ1v) is 8.89. The second-order valence-corrected chi connectivity index (χ2v) is 6.38. The molecule has 1 aliphatic rings. The number of methoxy groups -OCH3 is 2. The van der Waals surface area contributed by atoms with Crippen LogP contribution in [0.1, 0.15) is 0 Å². The van der Waals surface area contributed by atoms with Gasteiger partial charge in [0.15, 0.2) is 29.0 Å². The first-order valence-electron chi connectivity index (χ1n) is 8.89. The van der Waals surface area contributed by atoms with Gasteiger partial charge in [-0.2, -0.15) is 0 Å². The Balaban J connectivity index is 1.99. The maximum absolute atomic E-state index is 15.0. The molecule has 1 fully saturated rings. The zero-order chi connectivity index (χ0) is 20.5. The molecule has 2 N–H and O–H groups in total. The van der Waals surface area contributed by atoms with Crippen molar-refractivity contribution in [2.75, 3.05) is 51.2 Å². The minimum absolute atomic E-state index is 0.141. The molecular weight excluding hydrogens is 384 g/mol. The topological polar surface area (TPSA) is 95.6 Å². The van der Waals surface area contributed by atoms with Crippen molar-refractivity contribution in [3.8, 4) is 22.9 Å². The monoisotopic (exact) mass is 403 g/mol. The number of aromatic nitrogens is 3. The predicted molar refractivity (Wildman–Crippen MR) is 103 cm³/mol. The third-order valence-electron chi connectivity index (χ3n) is 4.69. The number of pyridine rings is 1. The van der Waals surface area contributed by atoms with Crippen LogP contribution in [0.25, 0.3) is 22.3 Å². The van der Waals surface area contributed by atoms with Gasteiger partial charge in [-0.25, -0.2) is 23.7 Å². The zero-order valence-electron chi connectivity index (χ0n) is 15.9. The molecule has 0 spiro atoms. The Kier molecular flexibility index (Phi) is 5.01. The second-order valence-electron chi connectivity index (χ2n) is 6.38. The Bertz CT molecular complexity index is 1050. The second kappa shape index (κ2) is 7.63. The van der Waals surface area contributed by atoms with Gasteiger partial charge in [0.25, 0.3) is 0 Å². The fourth-order valence-electron chi connectivity index (χ4n) is 3.24. The summed E-state index contributed by atoms with van der Waals surface area (Å²) in [5.74, 6) is -1.52. The van der Waals surface area contributed by atoms with E-state index in [1.807, 2.05) is 4.90 Å². The lowest BCUT2D eigenvalue weighted by Gasteiger charge is -2.29. The van der Waals surface area contributed by atoms with Gasteiger partial charge in [0.1, 0.15) is 11.6 Å². The quantitative estimate of drug-likeness (QED) is 0.710. The molecule has 0 saturated carbocycles. The van der Waals surface area contributed by atoms with Crippen molar-refractivity contribution in [2.45, 2.75) is 0 Å². The molecule has 1 aliphatic heterocycles. The van der Waals surface area contributed by atoms with Crippen LogP contribution in [-0.2, 0) is 4.74 Å². The summed E-state index contributed by atoms with van der Waals surface area (Å²) >= 11 is 0. The molecule has 3 heterocycles. The molecule has 1 saturated heterocycles. The van der Waals surface area contributed by atoms with Gasteiger partial charge in [0, 0.05) is 24.5 Å². The van der Waals surface area contributed by atoms with E-state index in [1.54, 1.807) is 6.07 Å². The van der Waals surface area contributed by atoms with Gasteiger partial charge in [0.2, 0.25) is 0 Å². The van der Waals surface area contributed by atoms with Crippen LogP contribution in [0, 0.1) is 11.6 Å². The maximum atomic E-state index is 15.0. The molecule has 4 rings (SSSR count). The number of anilines is 2. The van der Waals surface area contributed by atoms with Crippen LogP contribution in [-0.4, -0.2) is 55.5 Å². The third kappa shape index (κ3) is 3.35. The van der Waals surface area contributed by atoms with Gasteiger partial charge in [-0.3, -0.25) is 0 Å². The van der Waals surface area contributed by atoms with Gasteiger partial charge < -0.3 is 24.8 Å². The number of nitrogen functional groups attached to an aromatic ring is 1. The summed E-state index contributed by atoms with van der Waals surface area (Å²) < 4.78 is 45.4. The van der Waals surface area contributed by atoms with Gasteiger partial charge in [-0.05, 0) is 6.07 Å². The number of hydrogen-bond donors (Lipinski definition) is 1. The number of nitrogens with two attached hydrogens (primary N) is 1. The highest BCUT2D eigenvalue weighted by Crippen LogP contribution is 2.38. The van der Waals surface area contributed by atoms with Crippen LogP contribution in [0.2, 0.25) is 0 Å². The van der Waals surface area contributed by atoms with E-state index < -0.39 is 17.2 Å². The van der Waals surface area contributed by atoms with Crippen molar-refractivity contribution in [1.29, 1.82) is 0 Å². The lowest BCUT2D eigenvalue weighted by atomic mass is 10.1. The van der Waals surface area contributed by atoms with Crippen molar-refractivity contribution in [2.24, 2.45) is 0 Å². The maximum Gasteiger partial charge on any atom is 0.179 e. The van der Waals surface area contributed by atoms with Crippen molar-refractivity contribution >= 4 is 22.5 Å². The Morgan fingerprint density at radius 1 is 1.03 bits per heavy atom. The van der Waals surface area contributed by atoms with E-state index in [0.717, 1.165) is 6.07 Å². The number of nitrogens with zero attached hydrogens (tertiary/aromatic N) is 4. The van der Waals surface area contributed by atoms with Crippen LogP contribution < -0.4 is 20.1 Å². The molecule has 1 aromatic carbocycles. The molecule has 29 heavy (non-hydrogen) atoms. The average molecular weight is 403 g/mol. The van der Waals surface area contributed by atoms with Gasteiger partial charge in [-0.15, -0.1) is 0 Å². The van der Waals surface area contributed by atoms with E-state index >= 15 is 8.78 Å². The van der Waals surface area contributed by atoms with E-state index in [1.165, 1.54) is 20.4 Å². The molecule has 0 radical (unpaired) electrons. The smallest absolute Gasteiger partial charge is 0.179 e. The summed E-state index contributed by atoms with van der Waals surface area (Å²) in [7, 11) is 2.57. The number of morpholine rings is 1. The Hall–Kier alpha value is -3.27. The first-order chi connectivity index (χ1) is 14.0. The standard InChI is InChI=1S/C19H19F2N5O3/c1-27-12-8-13(28-2)17(21)15(16(12)20)18-24-11-9-23-14(22)7-10(11)19(25-18)26-3-5-29-6-4-26/h7-9H,3-6H2,1-2H3,(H2,22,23). The van der Waals surface area contributed by atoms with E-state index in [0.29, 0.717) is 48.8 Å². The molecule has 152 valence electrons. The number of ether oxygens (including phenoxy) is 3. The first kappa shape index (κ1) is 19.1. The summed E-state index contributed by atoms with van der Waals surface area (Å²) in [4.78, 5) is 14.8. The van der Waals surface area contributed by atoms with Gasteiger partial charge in [0.05, 0.1) is 44.7 Å². The van der Waals surface area contributed by atoms with Crippen molar-refractivity contribution in [3.05, 3.63) is 30.0 Å². The number of benzene rings is 1. The Labute approximate surface area is 165 Å². The largest absolute Gasteiger partial charge is 0.494 e. The summed E-state index contributed by atoms with van der Waals surface area (Å²) in [6, 6.07) is 2.78. The summed E-state index contributed by atoms with van der Waals surface area (Å²) in [6.45, 7) is 2.16. The van der Waals surface area contributed by atoms with Crippen LogP contribution >= 0.6 is 0 Å². The highest BCUT2D eigenvalue weighted by atomic mass is 19.1. The molecule has 10 heteroatoms. The van der Waals surface area contributed by atoms with E-state index in [-0.39, 0.29) is 17.3 Å². The molecule has 8 nitrogen and oxygen atoms in total. The van der Waals surface area contributed by atoms with Crippen LogP contribution in [0.5, 0.6) is 11.5 Å². The minimum atomic E-state index is -0.915. The minimum Gasteiger partial charge on any atom is -0.494 e.